The third kappa shape index (κ3) is 3.34. The van der Waals surface area contributed by atoms with Crippen molar-refractivity contribution >= 4 is 47.6 Å². The minimum Gasteiger partial charge on any atom is -0.278 e. The number of aryl methyl sites for hydroxylation is 1. The molecule has 0 bridgehead atoms. The van der Waals surface area contributed by atoms with Crippen LogP contribution in [-0.2, 0) is 10.0 Å². The first kappa shape index (κ1) is 14.5. The molecule has 0 aliphatic rings. The molecule has 0 aliphatic heterocycles. The Morgan fingerprint density at radius 2 is 1.95 bits per heavy atom. The second-order valence-electron chi connectivity index (χ2n) is 3.88. The van der Waals surface area contributed by atoms with Crippen molar-refractivity contribution in [3.8, 4) is 0 Å². The molecule has 0 atom stereocenters. The fraction of sp³-hybridized carbons (Fsp3) is 0.0833. The van der Waals surface area contributed by atoms with E-state index in [-0.39, 0.29) is 4.90 Å². The Morgan fingerprint density at radius 1 is 1.21 bits per heavy atom. The molecule has 1 heterocycles. The average molecular weight is 406 g/mol. The van der Waals surface area contributed by atoms with Crippen LogP contribution >= 0.6 is 31.9 Å². The van der Waals surface area contributed by atoms with Gasteiger partial charge >= 0.3 is 0 Å². The predicted octanol–water partition coefficient (Wildman–Crippen LogP) is 3.72. The molecule has 4 nitrogen and oxygen atoms in total. The van der Waals surface area contributed by atoms with Gasteiger partial charge in [0.25, 0.3) is 10.0 Å². The lowest BCUT2D eigenvalue weighted by atomic mass is 10.2. The predicted molar refractivity (Wildman–Crippen MR) is 81.6 cm³/mol. The van der Waals surface area contributed by atoms with E-state index in [1.807, 2.05) is 6.92 Å². The van der Waals surface area contributed by atoms with Crippen molar-refractivity contribution in [3.05, 3.63) is 51.2 Å². The molecule has 0 radical (unpaired) electrons. The van der Waals surface area contributed by atoms with Gasteiger partial charge in [0.15, 0.2) is 0 Å². The molecule has 0 saturated heterocycles. The van der Waals surface area contributed by atoms with Gasteiger partial charge in [-0.2, -0.15) is 0 Å². The maximum atomic E-state index is 12.3. The maximum Gasteiger partial charge on any atom is 0.263 e. The standard InChI is InChI=1S/C12H10Br2N2O2S/c1-8-5-12(11(14)6-10(8)13)19(17,18)16-9-3-2-4-15-7-9/h2-7,16H,1H3. The van der Waals surface area contributed by atoms with Crippen LogP contribution < -0.4 is 4.72 Å². The van der Waals surface area contributed by atoms with Crippen LogP contribution in [0.15, 0.2) is 50.5 Å². The molecule has 0 saturated carbocycles. The summed E-state index contributed by atoms with van der Waals surface area (Å²) in [5.41, 5.74) is 1.27. The Balaban J connectivity index is 2.43. The van der Waals surface area contributed by atoms with Gasteiger partial charge in [-0.3, -0.25) is 9.71 Å². The molecule has 100 valence electrons. The van der Waals surface area contributed by atoms with Gasteiger partial charge in [-0.15, -0.1) is 0 Å². The van der Waals surface area contributed by atoms with Gasteiger partial charge < -0.3 is 0 Å². The average Bonchev–Trinajstić information content (AvgIpc) is 2.34. The van der Waals surface area contributed by atoms with Crippen molar-refractivity contribution in [1.82, 2.24) is 4.98 Å². The van der Waals surface area contributed by atoms with Crippen LogP contribution in [0.2, 0.25) is 0 Å². The van der Waals surface area contributed by atoms with Crippen LogP contribution in [-0.4, -0.2) is 13.4 Å². The number of sulfonamides is 1. The number of halogens is 2. The van der Waals surface area contributed by atoms with E-state index in [0.717, 1.165) is 10.0 Å². The molecule has 19 heavy (non-hydrogen) atoms. The first-order valence-electron chi connectivity index (χ1n) is 5.28. The van der Waals surface area contributed by atoms with Crippen LogP contribution in [0.3, 0.4) is 0 Å². The van der Waals surface area contributed by atoms with Crippen LogP contribution in [0.5, 0.6) is 0 Å². The second-order valence-corrected chi connectivity index (χ2v) is 7.24. The molecule has 0 amide bonds. The number of aromatic nitrogens is 1. The van der Waals surface area contributed by atoms with Gasteiger partial charge in [-0.1, -0.05) is 15.9 Å². The molecule has 2 rings (SSSR count). The minimum atomic E-state index is -3.64. The highest BCUT2D eigenvalue weighted by Gasteiger charge is 2.19. The Hall–Kier alpha value is -0.920. The molecule has 1 aromatic carbocycles. The van der Waals surface area contributed by atoms with Crippen molar-refractivity contribution < 1.29 is 8.42 Å². The monoisotopic (exact) mass is 404 g/mol. The SMILES string of the molecule is Cc1cc(S(=O)(=O)Nc2cccnc2)c(Br)cc1Br. The van der Waals surface area contributed by atoms with Crippen molar-refractivity contribution in [2.45, 2.75) is 11.8 Å². The lowest BCUT2D eigenvalue weighted by Crippen LogP contribution is -2.14. The topological polar surface area (TPSA) is 59.1 Å². The Kier molecular flexibility index (Phi) is 4.27. The van der Waals surface area contributed by atoms with E-state index in [9.17, 15) is 8.42 Å². The van der Waals surface area contributed by atoms with Gasteiger partial charge in [0.2, 0.25) is 0 Å². The molecule has 7 heteroatoms. The first-order valence-corrected chi connectivity index (χ1v) is 8.35. The number of anilines is 1. The second kappa shape index (κ2) is 5.60. The number of nitrogens with zero attached hydrogens (tertiary/aromatic N) is 1. The zero-order chi connectivity index (χ0) is 14.0. The summed E-state index contributed by atoms with van der Waals surface area (Å²) < 4.78 is 28.4. The fourth-order valence-electron chi connectivity index (χ4n) is 1.47. The maximum absolute atomic E-state index is 12.3. The third-order valence-electron chi connectivity index (χ3n) is 2.42. The summed E-state index contributed by atoms with van der Waals surface area (Å²) >= 11 is 6.62. The largest absolute Gasteiger partial charge is 0.278 e. The van der Waals surface area contributed by atoms with Crippen LogP contribution in [0, 0.1) is 6.92 Å². The van der Waals surface area contributed by atoms with E-state index >= 15 is 0 Å². The van der Waals surface area contributed by atoms with E-state index in [4.69, 9.17) is 0 Å². The molecule has 0 aliphatic carbocycles. The van der Waals surface area contributed by atoms with E-state index in [0.29, 0.717) is 10.2 Å². The van der Waals surface area contributed by atoms with E-state index in [2.05, 4.69) is 41.6 Å². The number of nitrogens with one attached hydrogen (secondary N) is 1. The lowest BCUT2D eigenvalue weighted by molar-refractivity contribution is 0.600. The zero-order valence-corrected chi connectivity index (χ0v) is 13.9. The van der Waals surface area contributed by atoms with Gasteiger partial charge in [0.05, 0.1) is 11.9 Å². The first-order chi connectivity index (χ1) is 8.90. The van der Waals surface area contributed by atoms with Crippen molar-refractivity contribution in [2.75, 3.05) is 4.72 Å². The summed E-state index contributed by atoms with van der Waals surface area (Å²) in [6, 6.07) is 6.63. The van der Waals surface area contributed by atoms with E-state index in [1.54, 1.807) is 30.5 Å². The lowest BCUT2D eigenvalue weighted by Gasteiger charge is -2.11. The highest BCUT2D eigenvalue weighted by molar-refractivity contribution is 9.11. The summed E-state index contributed by atoms with van der Waals surface area (Å²) in [7, 11) is -3.64. The normalized spacial score (nSPS) is 11.3. The molecular formula is C12H10Br2N2O2S. The highest BCUT2D eigenvalue weighted by atomic mass is 79.9. The fourth-order valence-corrected chi connectivity index (χ4v) is 4.29. The van der Waals surface area contributed by atoms with Crippen molar-refractivity contribution in [1.29, 1.82) is 0 Å². The van der Waals surface area contributed by atoms with Gasteiger partial charge in [0, 0.05) is 15.1 Å². The van der Waals surface area contributed by atoms with E-state index < -0.39 is 10.0 Å². The van der Waals surface area contributed by atoms with Gasteiger partial charge in [-0.05, 0) is 52.7 Å². The Morgan fingerprint density at radius 3 is 2.58 bits per heavy atom. The van der Waals surface area contributed by atoms with Crippen LogP contribution in [0.4, 0.5) is 5.69 Å². The summed E-state index contributed by atoms with van der Waals surface area (Å²) in [6.07, 6.45) is 3.04. The minimum absolute atomic E-state index is 0.192. The number of hydrogen-bond acceptors (Lipinski definition) is 3. The molecule has 0 unspecified atom stereocenters. The molecule has 0 fully saturated rings. The highest BCUT2D eigenvalue weighted by Crippen LogP contribution is 2.29. The number of benzene rings is 1. The zero-order valence-electron chi connectivity index (χ0n) is 9.89. The summed E-state index contributed by atoms with van der Waals surface area (Å²) in [5, 5.41) is 0. The summed E-state index contributed by atoms with van der Waals surface area (Å²) in [4.78, 5) is 4.06. The Labute approximate surface area is 128 Å². The number of pyridine rings is 1. The Bertz CT molecular complexity index is 703. The molecule has 2 aromatic rings. The molecule has 1 aromatic heterocycles. The number of rotatable bonds is 3. The quantitative estimate of drug-likeness (QED) is 0.846. The van der Waals surface area contributed by atoms with Gasteiger partial charge in [-0.25, -0.2) is 8.42 Å². The number of hydrogen-bond donors (Lipinski definition) is 1. The van der Waals surface area contributed by atoms with Crippen LogP contribution in [0.1, 0.15) is 5.56 Å². The van der Waals surface area contributed by atoms with Gasteiger partial charge in [0.1, 0.15) is 4.90 Å². The molecule has 1 N–H and O–H groups in total. The van der Waals surface area contributed by atoms with Crippen molar-refractivity contribution in [3.63, 3.8) is 0 Å². The summed E-state index contributed by atoms with van der Waals surface area (Å²) in [6.45, 7) is 1.83. The van der Waals surface area contributed by atoms with E-state index in [1.165, 1.54) is 6.20 Å². The summed E-state index contributed by atoms with van der Waals surface area (Å²) in [5.74, 6) is 0. The van der Waals surface area contributed by atoms with Crippen molar-refractivity contribution in [2.24, 2.45) is 0 Å². The van der Waals surface area contributed by atoms with Crippen LogP contribution in [0.25, 0.3) is 0 Å². The molecular weight excluding hydrogens is 396 g/mol. The smallest absolute Gasteiger partial charge is 0.263 e. The third-order valence-corrected chi connectivity index (χ3v) is 5.61. The molecule has 0 spiro atoms.